The maximum absolute atomic E-state index is 11.8. The van der Waals surface area contributed by atoms with Gasteiger partial charge in [-0.2, -0.15) is 0 Å². The topological polar surface area (TPSA) is 52.1 Å². The van der Waals surface area contributed by atoms with E-state index in [9.17, 15) is 4.79 Å². The second-order valence-electron chi connectivity index (χ2n) is 4.29. The smallest absolute Gasteiger partial charge is 0.340 e. The Hall–Kier alpha value is -2.75. The molecule has 4 heteroatoms. The number of hydrogen-bond acceptors (Lipinski definition) is 4. The van der Waals surface area contributed by atoms with Crippen LogP contribution in [0.5, 0.6) is 0 Å². The van der Waals surface area contributed by atoms with Crippen LogP contribution in [0.1, 0.15) is 10.4 Å². The largest absolute Gasteiger partial charge is 0.465 e. The molecule has 0 N–H and O–H groups in total. The number of hydrogen-bond donors (Lipinski definition) is 0. The van der Waals surface area contributed by atoms with Crippen molar-refractivity contribution < 1.29 is 9.53 Å². The number of fused-ring (bicyclic) bond motifs is 1. The molecule has 0 aliphatic heterocycles. The lowest BCUT2D eigenvalue weighted by Crippen LogP contribution is -2.03. The van der Waals surface area contributed by atoms with Gasteiger partial charge in [0.15, 0.2) is 0 Å². The van der Waals surface area contributed by atoms with Gasteiger partial charge in [-0.1, -0.05) is 36.4 Å². The van der Waals surface area contributed by atoms with Crippen molar-refractivity contribution in [3.05, 3.63) is 60.3 Å². The van der Waals surface area contributed by atoms with Gasteiger partial charge in [0, 0.05) is 5.56 Å². The Morgan fingerprint density at radius 1 is 1.05 bits per heavy atom. The normalized spacial score (nSPS) is 10.4. The fourth-order valence-corrected chi connectivity index (χ4v) is 2.06. The highest BCUT2D eigenvalue weighted by Crippen LogP contribution is 2.21. The van der Waals surface area contributed by atoms with Crippen molar-refractivity contribution in [3.63, 3.8) is 0 Å². The molecule has 98 valence electrons. The molecule has 0 aliphatic rings. The highest BCUT2D eigenvalue weighted by Gasteiger charge is 2.12. The summed E-state index contributed by atoms with van der Waals surface area (Å²) in [6.45, 7) is 0. The molecular weight excluding hydrogens is 252 g/mol. The van der Waals surface area contributed by atoms with E-state index in [0.29, 0.717) is 16.6 Å². The Kier molecular flexibility index (Phi) is 3.13. The number of benzene rings is 2. The third kappa shape index (κ3) is 2.12. The van der Waals surface area contributed by atoms with Gasteiger partial charge in [-0.3, -0.25) is 4.98 Å². The number of methoxy groups -OCH3 is 1. The molecule has 0 aliphatic carbocycles. The molecular formula is C16H12N2O2. The Morgan fingerprint density at radius 2 is 1.85 bits per heavy atom. The van der Waals surface area contributed by atoms with Crippen LogP contribution in [0.3, 0.4) is 0 Å². The van der Waals surface area contributed by atoms with E-state index in [1.807, 2.05) is 36.4 Å². The highest BCUT2D eigenvalue weighted by molar-refractivity contribution is 6.02. The molecule has 3 aromatic rings. The first kappa shape index (κ1) is 12.3. The van der Waals surface area contributed by atoms with Crippen LogP contribution < -0.4 is 0 Å². The summed E-state index contributed by atoms with van der Waals surface area (Å²) in [5, 5.41) is 0. The molecule has 20 heavy (non-hydrogen) atoms. The summed E-state index contributed by atoms with van der Waals surface area (Å²) in [4.78, 5) is 20.7. The lowest BCUT2D eigenvalue weighted by Gasteiger charge is -2.06. The van der Waals surface area contributed by atoms with Gasteiger partial charge in [-0.15, -0.1) is 0 Å². The van der Waals surface area contributed by atoms with Crippen molar-refractivity contribution in [1.82, 2.24) is 9.97 Å². The zero-order chi connectivity index (χ0) is 13.9. The standard InChI is InChI=1S/C16H12N2O2/c1-20-16(19)12-8-5-9-13-15(12)18-14(10-17-13)11-6-3-2-4-7-11/h2-10H,1H3. The van der Waals surface area contributed by atoms with Gasteiger partial charge in [0.05, 0.1) is 30.1 Å². The van der Waals surface area contributed by atoms with Crippen LogP contribution in [0.4, 0.5) is 0 Å². The van der Waals surface area contributed by atoms with E-state index in [-0.39, 0.29) is 0 Å². The summed E-state index contributed by atoms with van der Waals surface area (Å²) in [7, 11) is 1.36. The van der Waals surface area contributed by atoms with E-state index in [1.54, 1.807) is 18.3 Å². The minimum absolute atomic E-state index is 0.407. The number of para-hydroxylation sites is 1. The summed E-state index contributed by atoms with van der Waals surface area (Å²) >= 11 is 0. The number of nitrogens with zero attached hydrogens (tertiary/aromatic N) is 2. The van der Waals surface area contributed by atoms with Crippen molar-refractivity contribution in [2.75, 3.05) is 7.11 Å². The van der Waals surface area contributed by atoms with Crippen LogP contribution in [0.25, 0.3) is 22.3 Å². The predicted octanol–water partition coefficient (Wildman–Crippen LogP) is 3.08. The van der Waals surface area contributed by atoms with Crippen LogP contribution in [0.2, 0.25) is 0 Å². The van der Waals surface area contributed by atoms with Crippen LogP contribution in [-0.4, -0.2) is 23.0 Å². The second-order valence-corrected chi connectivity index (χ2v) is 4.29. The SMILES string of the molecule is COC(=O)c1cccc2ncc(-c3ccccc3)nc12. The van der Waals surface area contributed by atoms with Crippen molar-refractivity contribution >= 4 is 17.0 Å². The van der Waals surface area contributed by atoms with E-state index < -0.39 is 5.97 Å². The first-order chi connectivity index (χ1) is 9.79. The van der Waals surface area contributed by atoms with Crippen molar-refractivity contribution in [1.29, 1.82) is 0 Å². The van der Waals surface area contributed by atoms with Gasteiger partial charge in [0.1, 0.15) is 5.52 Å². The first-order valence-electron chi connectivity index (χ1n) is 6.19. The Morgan fingerprint density at radius 3 is 2.60 bits per heavy atom. The first-order valence-corrected chi connectivity index (χ1v) is 6.19. The Balaban J connectivity index is 2.22. The minimum Gasteiger partial charge on any atom is -0.465 e. The zero-order valence-corrected chi connectivity index (χ0v) is 10.9. The molecule has 0 unspecified atom stereocenters. The molecule has 0 saturated heterocycles. The van der Waals surface area contributed by atoms with Crippen LogP contribution in [0.15, 0.2) is 54.7 Å². The lowest BCUT2D eigenvalue weighted by molar-refractivity contribution is 0.0603. The van der Waals surface area contributed by atoms with E-state index in [4.69, 9.17) is 4.74 Å². The van der Waals surface area contributed by atoms with E-state index in [0.717, 1.165) is 11.3 Å². The van der Waals surface area contributed by atoms with Gasteiger partial charge in [-0.05, 0) is 12.1 Å². The van der Waals surface area contributed by atoms with Crippen molar-refractivity contribution in [2.45, 2.75) is 0 Å². The van der Waals surface area contributed by atoms with E-state index in [2.05, 4.69) is 9.97 Å². The number of ether oxygens (including phenoxy) is 1. The van der Waals surface area contributed by atoms with Crippen LogP contribution in [-0.2, 0) is 4.74 Å². The van der Waals surface area contributed by atoms with Gasteiger partial charge >= 0.3 is 5.97 Å². The average Bonchev–Trinajstić information content (AvgIpc) is 2.54. The lowest BCUT2D eigenvalue weighted by atomic mass is 10.1. The molecule has 3 rings (SSSR count). The number of rotatable bonds is 2. The van der Waals surface area contributed by atoms with Crippen LogP contribution in [0, 0.1) is 0 Å². The monoisotopic (exact) mass is 264 g/mol. The number of esters is 1. The number of carbonyl (C=O) groups is 1. The molecule has 4 nitrogen and oxygen atoms in total. The molecule has 0 bridgehead atoms. The van der Waals surface area contributed by atoms with Crippen molar-refractivity contribution in [3.8, 4) is 11.3 Å². The molecule has 1 aromatic heterocycles. The predicted molar refractivity (Wildman–Crippen MR) is 76.3 cm³/mol. The van der Waals surface area contributed by atoms with Gasteiger partial charge < -0.3 is 4.74 Å². The maximum atomic E-state index is 11.8. The van der Waals surface area contributed by atoms with E-state index in [1.165, 1.54) is 7.11 Å². The molecule has 0 fully saturated rings. The van der Waals surface area contributed by atoms with Gasteiger partial charge in [0.2, 0.25) is 0 Å². The molecule has 0 atom stereocenters. The Bertz CT molecular complexity index is 770. The van der Waals surface area contributed by atoms with Crippen molar-refractivity contribution in [2.24, 2.45) is 0 Å². The zero-order valence-electron chi connectivity index (χ0n) is 10.9. The highest BCUT2D eigenvalue weighted by atomic mass is 16.5. The summed E-state index contributed by atoms with van der Waals surface area (Å²) in [5.74, 6) is -0.407. The third-order valence-corrected chi connectivity index (χ3v) is 3.05. The molecule has 1 heterocycles. The quantitative estimate of drug-likeness (QED) is 0.667. The molecule has 0 saturated carbocycles. The van der Waals surface area contributed by atoms with Gasteiger partial charge in [-0.25, -0.2) is 9.78 Å². The Labute approximate surface area is 116 Å². The van der Waals surface area contributed by atoms with Crippen LogP contribution >= 0.6 is 0 Å². The molecule has 0 radical (unpaired) electrons. The molecule has 0 spiro atoms. The summed E-state index contributed by atoms with van der Waals surface area (Å²) in [5.41, 5.74) is 3.35. The molecule has 2 aromatic carbocycles. The number of carbonyl (C=O) groups excluding carboxylic acids is 1. The summed E-state index contributed by atoms with van der Waals surface area (Å²) < 4.78 is 4.78. The summed E-state index contributed by atoms with van der Waals surface area (Å²) in [6.07, 6.45) is 1.71. The van der Waals surface area contributed by atoms with Gasteiger partial charge in [0.25, 0.3) is 0 Å². The third-order valence-electron chi connectivity index (χ3n) is 3.05. The fourth-order valence-electron chi connectivity index (χ4n) is 2.06. The molecule has 0 amide bonds. The van der Waals surface area contributed by atoms with E-state index >= 15 is 0 Å². The summed E-state index contributed by atoms with van der Waals surface area (Å²) in [6, 6.07) is 15.0. The average molecular weight is 264 g/mol. The second kappa shape index (κ2) is 5.09. The maximum Gasteiger partial charge on any atom is 0.340 e. The number of aromatic nitrogens is 2. The fraction of sp³-hybridized carbons (Fsp3) is 0.0625. The minimum atomic E-state index is -0.407.